The Morgan fingerprint density at radius 3 is 2.38 bits per heavy atom. The average molecular weight is 359 g/mol. The van der Waals surface area contributed by atoms with Crippen LogP contribution in [0.1, 0.15) is 30.4 Å². The van der Waals surface area contributed by atoms with E-state index >= 15 is 0 Å². The van der Waals surface area contributed by atoms with Crippen LogP contribution >= 0.6 is 0 Å². The lowest BCUT2D eigenvalue weighted by Crippen LogP contribution is -2.59. The zero-order chi connectivity index (χ0) is 17.5. The molecule has 2 unspecified atom stereocenters. The largest absolute Gasteiger partial charge is 0.417 e. The van der Waals surface area contributed by atoms with Crippen LogP contribution in [0, 0.1) is 11.3 Å². The smallest absolute Gasteiger partial charge is 0.309 e. The number of benzene rings is 1. The van der Waals surface area contributed by atoms with E-state index in [0.29, 0.717) is 19.2 Å². The summed E-state index contributed by atoms with van der Waals surface area (Å²) in [4.78, 5) is -0.271. The molecule has 2 fully saturated rings. The number of piperidine rings is 1. The SMILES string of the molecule is N#Cc1cc(S(=O)(=O)N2CC3CCCC(C2)N3)ccc1C(F)(F)F. The van der Waals surface area contributed by atoms with Gasteiger partial charge in [0.2, 0.25) is 10.0 Å². The van der Waals surface area contributed by atoms with Gasteiger partial charge in [-0.2, -0.15) is 22.7 Å². The van der Waals surface area contributed by atoms with Crippen molar-refractivity contribution in [3.63, 3.8) is 0 Å². The number of fused-ring (bicyclic) bond motifs is 2. The Labute approximate surface area is 138 Å². The number of nitrogens with zero attached hydrogens (tertiary/aromatic N) is 2. The molecule has 2 heterocycles. The quantitative estimate of drug-likeness (QED) is 0.878. The summed E-state index contributed by atoms with van der Waals surface area (Å²) in [6, 6.07) is 3.98. The van der Waals surface area contributed by atoms with Gasteiger partial charge in [-0.3, -0.25) is 0 Å². The van der Waals surface area contributed by atoms with E-state index in [-0.39, 0.29) is 17.0 Å². The maximum absolute atomic E-state index is 12.9. The predicted molar refractivity (Wildman–Crippen MR) is 79.5 cm³/mol. The number of nitrogens with one attached hydrogen (secondary N) is 1. The van der Waals surface area contributed by atoms with E-state index < -0.39 is 27.3 Å². The van der Waals surface area contributed by atoms with Crippen LogP contribution in [0.3, 0.4) is 0 Å². The molecule has 3 rings (SSSR count). The number of nitriles is 1. The Balaban J connectivity index is 1.94. The highest BCUT2D eigenvalue weighted by Crippen LogP contribution is 2.33. The van der Waals surface area contributed by atoms with Gasteiger partial charge in [-0.05, 0) is 31.0 Å². The topological polar surface area (TPSA) is 73.2 Å². The summed E-state index contributed by atoms with van der Waals surface area (Å²) in [6.45, 7) is 0.587. The molecule has 2 bridgehead atoms. The average Bonchev–Trinajstić information content (AvgIpc) is 2.53. The third kappa shape index (κ3) is 3.14. The minimum Gasteiger partial charge on any atom is -0.309 e. The van der Waals surface area contributed by atoms with E-state index in [4.69, 9.17) is 5.26 Å². The molecule has 9 heteroatoms. The molecule has 0 spiro atoms. The molecule has 1 aromatic rings. The van der Waals surface area contributed by atoms with Crippen LogP contribution in [0.5, 0.6) is 0 Å². The van der Waals surface area contributed by atoms with Crippen LogP contribution in [0.15, 0.2) is 23.1 Å². The lowest BCUT2D eigenvalue weighted by Gasteiger charge is -2.41. The molecule has 0 saturated carbocycles. The molecule has 1 N–H and O–H groups in total. The summed E-state index contributed by atoms with van der Waals surface area (Å²) in [6.07, 6.45) is -1.91. The second-order valence-electron chi connectivity index (χ2n) is 6.13. The van der Waals surface area contributed by atoms with Crippen molar-refractivity contribution < 1.29 is 21.6 Å². The van der Waals surface area contributed by atoms with Crippen molar-refractivity contribution in [1.29, 1.82) is 5.26 Å². The molecule has 0 aromatic heterocycles. The molecule has 130 valence electrons. The summed E-state index contributed by atoms with van der Waals surface area (Å²) in [5.74, 6) is 0. The van der Waals surface area contributed by atoms with Crippen molar-refractivity contribution in [2.75, 3.05) is 13.1 Å². The molecular weight excluding hydrogens is 343 g/mol. The first-order chi connectivity index (χ1) is 11.2. The third-order valence-electron chi connectivity index (χ3n) is 4.48. The fourth-order valence-electron chi connectivity index (χ4n) is 3.33. The maximum atomic E-state index is 12.9. The van der Waals surface area contributed by atoms with Crippen LogP contribution in [-0.4, -0.2) is 37.9 Å². The van der Waals surface area contributed by atoms with E-state index in [1.54, 1.807) is 0 Å². The molecular formula is C15H16F3N3O2S. The summed E-state index contributed by atoms with van der Waals surface area (Å²) >= 11 is 0. The first-order valence-corrected chi connectivity index (χ1v) is 9.03. The van der Waals surface area contributed by atoms with Gasteiger partial charge in [-0.1, -0.05) is 6.42 Å². The number of piperazine rings is 1. The second-order valence-corrected chi connectivity index (χ2v) is 8.07. The highest BCUT2D eigenvalue weighted by molar-refractivity contribution is 7.89. The van der Waals surface area contributed by atoms with E-state index in [9.17, 15) is 21.6 Å². The highest BCUT2D eigenvalue weighted by Gasteiger charge is 2.38. The number of alkyl halides is 3. The van der Waals surface area contributed by atoms with E-state index in [1.807, 2.05) is 0 Å². The number of hydrogen-bond donors (Lipinski definition) is 1. The van der Waals surface area contributed by atoms with Crippen molar-refractivity contribution >= 4 is 10.0 Å². The lowest BCUT2D eigenvalue weighted by atomic mass is 9.96. The first-order valence-electron chi connectivity index (χ1n) is 7.59. The van der Waals surface area contributed by atoms with Gasteiger partial charge >= 0.3 is 6.18 Å². The van der Waals surface area contributed by atoms with Gasteiger partial charge in [0.25, 0.3) is 0 Å². The number of rotatable bonds is 2. The Hall–Kier alpha value is -1.63. The molecule has 2 aliphatic heterocycles. The molecule has 2 aliphatic rings. The van der Waals surface area contributed by atoms with Crippen molar-refractivity contribution in [3.8, 4) is 6.07 Å². The molecule has 2 saturated heterocycles. The minimum atomic E-state index is -4.70. The summed E-state index contributed by atoms with van der Waals surface area (Å²) in [5, 5.41) is 12.3. The molecule has 5 nitrogen and oxygen atoms in total. The van der Waals surface area contributed by atoms with E-state index in [1.165, 1.54) is 10.4 Å². The number of halogens is 3. The normalized spacial score (nSPS) is 25.2. The van der Waals surface area contributed by atoms with Crippen LogP contribution in [-0.2, 0) is 16.2 Å². The monoisotopic (exact) mass is 359 g/mol. The van der Waals surface area contributed by atoms with Crippen molar-refractivity contribution in [1.82, 2.24) is 9.62 Å². The third-order valence-corrected chi connectivity index (χ3v) is 6.31. The van der Waals surface area contributed by atoms with Crippen molar-refractivity contribution in [2.24, 2.45) is 0 Å². The van der Waals surface area contributed by atoms with Gasteiger partial charge in [0, 0.05) is 25.2 Å². The van der Waals surface area contributed by atoms with Gasteiger partial charge in [0.05, 0.1) is 22.1 Å². The Kier molecular flexibility index (Phi) is 4.32. The second kappa shape index (κ2) is 6.02. The number of hydrogen-bond acceptors (Lipinski definition) is 4. The molecule has 0 amide bonds. The lowest BCUT2D eigenvalue weighted by molar-refractivity contribution is -0.137. The van der Waals surface area contributed by atoms with Crippen molar-refractivity contribution in [2.45, 2.75) is 42.4 Å². The standard InChI is InChI=1S/C15H16F3N3O2S/c16-15(17,18)14-5-4-13(6-10(14)7-19)24(22,23)21-8-11-2-1-3-12(9-21)20-11/h4-6,11-12,20H,1-3,8-9H2. The maximum Gasteiger partial charge on any atom is 0.417 e. The predicted octanol–water partition coefficient (Wildman–Crippen LogP) is 2.09. The van der Waals surface area contributed by atoms with Gasteiger partial charge in [0.1, 0.15) is 0 Å². The summed E-state index contributed by atoms with van der Waals surface area (Å²) < 4.78 is 65.4. The Bertz CT molecular complexity index is 774. The molecule has 2 atom stereocenters. The first kappa shape index (κ1) is 17.2. The van der Waals surface area contributed by atoms with Crippen LogP contribution < -0.4 is 5.32 Å². The van der Waals surface area contributed by atoms with Crippen LogP contribution in [0.25, 0.3) is 0 Å². The van der Waals surface area contributed by atoms with Gasteiger partial charge in [-0.15, -0.1) is 0 Å². The summed E-state index contributed by atoms with van der Waals surface area (Å²) in [5.41, 5.74) is -1.81. The Morgan fingerprint density at radius 1 is 1.21 bits per heavy atom. The molecule has 0 aliphatic carbocycles. The van der Waals surface area contributed by atoms with Crippen LogP contribution in [0.2, 0.25) is 0 Å². The fraction of sp³-hybridized carbons (Fsp3) is 0.533. The van der Waals surface area contributed by atoms with Gasteiger partial charge in [-0.25, -0.2) is 8.42 Å². The fourth-order valence-corrected chi connectivity index (χ4v) is 4.89. The van der Waals surface area contributed by atoms with Crippen LogP contribution in [0.4, 0.5) is 13.2 Å². The van der Waals surface area contributed by atoms with E-state index in [2.05, 4.69) is 5.32 Å². The molecule has 1 aromatic carbocycles. The highest BCUT2D eigenvalue weighted by atomic mass is 32.2. The molecule has 0 radical (unpaired) electrons. The zero-order valence-electron chi connectivity index (χ0n) is 12.7. The number of sulfonamides is 1. The molecule has 24 heavy (non-hydrogen) atoms. The van der Waals surface area contributed by atoms with Crippen molar-refractivity contribution in [3.05, 3.63) is 29.3 Å². The van der Waals surface area contributed by atoms with Gasteiger partial charge in [0.15, 0.2) is 0 Å². The minimum absolute atomic E-state index is 0.0668. The zero-order valence-corrected chi connectivity index (χ0v) is 13.5. The van der Waals surface area contributed by atoms with Gasteiger partial charge < -0.3 is 5.32 Å². The summed E-state index contributed by atoms with van der Waals surface area (Å²) in [7, 11) is -3.92. The van der Waals surface area contributed by atoms with E-state index in [0.717, 1.165) is 31.4 Å². The Morgan fingerprint density at radius 2 is 1.83 bits per heavy atom.